The second-order valence-corrected chi connectivity index (χ2v) is 4.50. The average Bonchev–Trinajstić information content (AvgIpc) is 2.35. The smallest absolute Gasteiger partial charge is 0.237 e. The summed E-state index contributed by atoms with van der Waals surface area (Å²) in [7, 11) is 0. The molecule has 4 nitrogen and oxygen atoms in total. The molecule has 0 saturated heterocycles. The number of aliphatic hydroxyl groups excluding tert-OH is 1. The SMILES string of the molecule is OCc1cnc(Oc2cc(Br)ccc2Cl)cn1. The fraction of sp³-hybridized carbons (Fsp3) is 0.0909. The molecule has 0 unspecified atom stereocenters. The molecule has 1 aromatic carbocycles. The molecule has 88 valence electrons. The quantitative estimate of drug-likeness (QED) is 0.945. The summed E-state index contributed by atoms with van der Waals surface area (Å²) in [6.07, 6.45) is 2.88. The monoisotopic (exact) mass is 314 g/mol. The van der Waals surface area contributed by atoms with Gasteiger partial charge < -0.3 is 9.84 Å². The minimum absolute atomic E-state index is 0.148. The lowest BCUT2D eigenvalue weighted by molar-refractivity contribution is 0.276. The minimum atomic E-state index is -0.148. The molecule has 17 heavy (non-hydrogen) atoms. The predicted molar refractivity (Wildman–Crippen MR) is 67.2 cm³/mol. The van der Waals surface area contributed by atoms with Crippen molar-refractivity contribution in [2.45, 2.75) is 6.61 Å². The van der Waals surface area contributed by atoms with Crippen LogP contribution in [0.15, 0.2) is 35.1 Å². The first-order valence-electron chi connectivity index (χ1n) is 4.73. The highest BCUT2D eigenvalue weighted by Crippen LogP contribution is 2.30. The molecule has 1 N–H and O–H groups in total. The molecule has 0 saturated carbocycles. The lowest BCUT2D eigenvalue weighted by Gasteiger charge is -2.06. The van der Waals surface area contributed by atoms with Gasteiger partial charge in [-0.15, -0.1) is 0 Å². The molecular weight excluding hydrogens is 307 g/mol. The van der Waals surface area contributed by atoms with Gasteiger partial charge in [-0.1, -0.05) is 27.5 Å². The molecule has 0 atom stereocenters. The zero-order valence-corrected chi connectivity index (χ0v) is 10.9. The zero-order valence-electron chi connectivity index (χ0n) is 8.60. The van der Waals surface area contributed by atoms with Crippen LogP contribution in [0.3, 0.4) is 0 Å². The average molecular weight is 316 g/mol. The fourth-order valence-corrected chi connectivity index (χ4v) is 1.64. The van der Waals surface area contributed by atoms with Crippen LogP contribution in [0.4, 0.5) is 0 Å². The maximum Gasteiger partial charge on any atom is 0.237 e. The Kier molecular flexibility index (Phi) is 3.93. The van der Waals surface area contributed by atoms with E-state index in [1.54, 1.807) is 12.1 Å². The van der Waals surface area contributed by atoms with Crippen LogP contribution in [0.1, 0.15) is 5.69 Å². The number of aromatic nitrogens is 2. The molecule has 1 heterocycles. The van der Waals surface area contributed by atoms with Crippen molar-refractivity contribution < 1.29 is 9.84 Å². The van der Waals surface area contributed by atoms with Crippen molar-refractivity contribution >= 4 is 27.5 Å². The summed E-state index contributed by atoms with van der Waals surface area (Å²) in [5, 5.41) is 9.32. The highest BCUT2D eigenvalue weighted by atomic mass is 79.9. The second kappa shape index (κ2) is 5.44. The first-order chi connectivity index (χ1) is 8.19. The Hall–Kier alpha value is -1.17. The van der Waals surface area contributed by atoms with Gasteiger partial charge in [0.2, 0.25) is 5.88 Å². The van der Waals surface area contributed by atoms with E-state index in [2.05, 4.69) is 25.9 Å². The van der Waals surface area contributed by atoms with E-state index in [1.165, 1.54) is 12.4 Å². The Balaban J connectivity index is 2.22. The van der Waals surface area contributed by atoms with Crippen LogP contribution in [-0.4, -0.2) is 15.1 Å². The molecule has 0 amide bonds. The first-order valence-corrected chi connectivity index (χ1v) is 5.91. The highest BCUT2D eigenvalue weighted by molar-refractivity contribution is 9.10. The molecule has 0 aliphatic carbocycles. The van der Waals surface area contributed by atoms with E-state index < -0.39 is 0 Å². The summed E-state index contributed by atoms with van der Waals surface area (Å²) < 4.78 is 6.33. The number of halogens is 2. The summed E-state index contributed by atoms with van der Waals surface area (Å²) in [6.45, 7) is -0.148. The van der Waals surface area contributed by atoms with Crippen LogP contribution >= 0.6 is 27.5 Å². The third-order valence-electron chi connectivity index (χ3n) is 1.95. The summed E-state index contributed by atoms with van der Waals surface area (Å²) >= 11 is 9.30. The molecule has 0 aliphatic rings. The van der Waals surface area contributed by atoms with Crippen LogP contribution in [0.2, 0.25) is 5.02 Å². The molecule has 0 radical (unpaired) electrons. The lowest BCUT2D eigenvalue weighted by atomic mass is 10.3. The van der Waals surface area contributed by atoms with Crippen molar-refractivity contribution in [3.63, 3.8) is 0 Å². The first kappa shape index (κ1) is 12.3. The van der Waals surface area contributed by atoms with Crippen LogP contribution < -0.4 is 4.74 Å². The molecule has 1 aromatic heterocycles. The van der Waals surface area contributed by atoms with Gasteiger partial charge in [-0.2, -0.15) is 0 Å². The van der Waals surface area contributed by atoms with Crippen molar-refractivity contribution in [3.05, 3.63) is 45.8 Å². The van der Waals surface area contributed by atoms with Gasteiger partial charge >= 0.3 is 0 Å². The maximum absolute atomic E-state index is 8.83. The normalized spacial score (nSPS) is 10.3. The van der Waals surface area contributed by atoms with E-state index in [4.69, 9.17) is 21.4 Å². The van der Waals surface area contributed by atoms with Crippen molar-refractivity contribution in [1.29, 1.82) is 0 Å². The van der Waals surface area contributed by atoms with Gasteiger partial charge in [-0.05, 0) is 18.2 Å². The number of nitrogens with zero attached hydrogens (tertiary/aromatic N) is 2. The van der Waals surface area contributed by atoms with E-state index >= 15 is 0 Å². The predicted octanol–water partition coefficient (Wildman–Crippen LogP) is 3.18. The fourth-order valence-electron chi connectivity index (χ4n) is 1.15. The Morgan fingerprint density at radius 2 is 2.12 bits per heavy atom. The van der Waals surface area contributed by atoms with Gasteiger partial charge in [0.05, 0.1) is 29.7 Å². The molecular formula is C11H8BrClN2O2. The second-order valence-electron chi connectivity index (χ2n) is 3.18. The Morgan fingerprint density at radius 1 is 1.29 bits per heavy atom. The van der Waals surface area contributed by atoms with Gasteiger partial charge in [0.25, 0.3) is 0 Å². The summed E-state index contributed by atoms with van der Waals surface area (Å²) in [4.78, 5) is 7.95. The third kappa shape index (κ3) is 3.15. The minimum Gasteiger partial charge on any atom is -0.436 e. The van der Waals surface area contributed by atoms with Crippen LogP contribution in [0.5, 0.6) is 11.6 Å². The molecule has 0 fully saturated rings. The third-order valence-corrected chi connectivity index (χ3v) is 2.76. The van der Waals surface area contributed by atoms with E-state index in [9.17, 15) is 0 Å². The van der Waals surface area contributed by atoms with Crippen molar-refractivity contribution in [2.24, 2.45) is 0 Å². The van der Waals surface area contributed by atoms with Gasteiger partial charge in [-0.25, -0.2) is 4.98 Å². The topological polar surface area (TPSA) is 55.2 Å². The molecule has 2 aromatic rings. The number of ether oxygens (including phenoxy) is 1. The number of hydrogen-bond acceptors (Lipinski definition) is 4. The molecule has 6 heteroatoms. The van der Waals surface area contributed by atoms with Gasteiger partial charge in [0, 0.05) is 4.47 Å². The van der Waals surface area contributed by atoms with Crippen LogP contribution in [-0.2, 0) is 6.61 Å². The zero-order chi connectivity index (χ0) is 12.3. The van der Waals surface area contributed by atoms with Gasteiger partial charge in [-0.3, -0.25) is 4.98 Å². The summed E-state index contributed by atoms with van der Waals surface area (Å²) in [5.74, 6) is 0.814. The van der Waals surface area contributed by atoms with Crippen LogP contribution in [0.25, 0.3) is 0 Å². The number of rotatable bonds is 3. The lowest BCUT2D eigenvalue weighted by Crippen LogP contribution is -1.94. The number of aliphatic hydroxyl groups is 1. The molecule has 0 bridgehead atoms. The molecule has 0 spiro atoms. The highest BCUT2D eigenvalue weighted by Gasteiger charge is 2.05. The van der Waals surface area contributed by atoms with E-state index in [0.29, 0.717) is 22.3 Å². The number of hydrogen-bond donors (Lipinski definition) is 1. The van der Waals surface area contributed by atoms with Crippen molar-refractivity contribution in [1.82, 2.24) is 9.97 Å². The summed E-state index contributed by atoms with van der Waals surface area (Å²) in [5.41, 5.74) is 0.484. The Bertz CT molecular complexity index is 519. The van der Waals surface area contributed by atoms with Crippen molar-refractivity contribution in [3.8, 4) is 11.6 Å². The van der Waals surface area contributed by atoms with Gasteiger partial charge in [0.1, 0.15) is 5.75 Å². The Morgan fingerprint density at radius 3 is 2.76 bits per heavy atom. The van der Waals surface area contributed by atoms with Gasteiger partial charge in [0.15, 0.2) is 0 Å². The largest absolute Gasteiger partial charge is 0.436 e. The Labute approximate surface area is 111 Å². The number of benzene rings is 1. The van der Waals surface area contributed by atoms with Crippen LogP contribution in [0, 0.1) is 0 Å². The van der Waals surface area contributed by atoms with Crippen molar-refractivity contribution in [2.75, 3.05) is 0 Å². The standard InChI is InChI=1S/C11H8BrClN2O2/c12-7-1-2-9(13)10(3-7)17-11-5-14-8(6-16)4-15-11/h1-5,16H,6H2. The van der Waals surface area contributed by atoms with E-state index in [0.717, 1.165) is 4.47 Å². The summed E-state index contributed by atoms with van der Waals surface area (Å²) in [6, 6.07) is 5.27. The van der Waals surface area contributed by atoms with E-state index in [-0.39, 0.29) is 6.61 Å². The molecule has 2 rings (SSSR count). The maximum atomic E-state index is 8.83. The molecule has 0 aliphatic heterocycles. The van der Waals surface area contributed by atoms with E-state index in [1.807, 2.05) is 6.07 Å².